The van der Waals surface area contributed by atoms with Crippen LogP contribution in [0.2, 0.25) is 0 Å². The zero-order chi connectivity index (χ0) is 18.5. The molecule has 2 atom stereocenters. The highest BCUT2D eigenvalue weighted by Crippen LogP contribution is 2.45. The van der Waals surface area contributed by atoms with E-state index in [0.717, 1.165) is 40.3 Å². The van der Waals surface area contributed by atoms with E-state index in [2.05, 4.69) is 39.3 Å². The van der Waals surface area contributed by atoms with E-state index in [1.54, 1.807) is 11.0 Å². The highest BCUT2D eigenvalue weighted by atomic mass is 19.1. The molecule has 0 amide bonds. The molecule has 0 saturated heterocycles. The number of hydrogen-bond acceptors (Lipinski definition) is 4. The maximum atomic E-state index is 13.5. The molecule has 1 aliphatic carbocycles. The zero-order valence-electron chi connectivity index (χ0n) is 14.9. The molecule has 2 aromatic carbocycles. The molecule has 27 heavy (non-hydrogen) atoms. The molecule has 1 aliphatic heterocycles. The quantitative estimate of drug-likeness (QED) is 0.763. The number of aromatic nitrogens is 3. The molecule has 134 valence electrons. The lowest BCUT2D eigenvalue weighted by molar-refractivity contribution is 0.558. The minimum atomic E-state index is -0.236. The average molecular weight is 359 g/mol. The fourth-order valence-corrected chi connectivity index (χ4v) is 4.25. The molecule has 5 rings (SSSR count). The predicted octanol–water partition coefficient (Wildman–Crippen LogP) is 3.36. The smallest absolute Gasteiger partial charge is 0.138 e. The predicted molar refractivity (Wildman–Crippen MR) is 102 cm³/mol. The van der Waals surface area contributed by atoms with Crippen LogP contribution in [-0.4, -0.2) is 20.5 Å². The molecule has 0 fully saturated rings. The van der Waals surface area contributed by atoms with Gasteiger partial charge in [0.25, 0.3) is 0 Å². The Hall–Kier alpha value is -3.28. The summed E-state index contributed by atoms with van der Waals surface area (Å²) in [6, 6.07) is 13.0. The summed E-state index contributed by atoms with van der Waals surface area (Å²) in [6.07, 6.45) is 2.38. The number of aryl methyl sites for hydroxylation is 1. The molecular weight excluding hydrogens is 341 g/mol. The van der Waals surface area contributed by atoms with Gasteiger partial charge in [-0.15, -0.1) is 0 Å². The van der Waals surface area contributed by atoms with Crippen molar-refractivity contribution >= 4 is 11.4 Å². The lowest BCUT2D eigenvalue weighted by Gasteiger charge is -2.37. The Kier molecular flexibility index (Phi) is 3.47. The first-order chi connectivity index (χ1) is 13.1. The van der Waals surface area contributed by atoms with Crippen LogP contribution in [0.15, 0.2) is 60.5 Å². The van der Waals surface area contributed by atoms with Crippen LogP contribution in [0.3, 0.4) is 0 Å². The van der Waals surface area contributed by atoms with Crippen LogP contribution in [0.5, 0.6) is 0 Å². The van der Waals surface area contributed by atoms with Crippen molar-refractivity contribution in [2.45, 2.75) is 18.3 Å². The molecule has 0 saturated carbocycles. The van der Waals surface area contributed by atoms with Gasteiger partial charge in [0.15, 0.2) is 0 Å². The van der Waals surface area contributed by atoms with Gasteiger partial charge in [0.1, 0.15) is 18.0 Å². The van der Waals surface area contributed by atoms with Crippen molar-refractivity contribution in [2.75, 3.05) is 0 Å². The third kappa shape index (κ3) is 2.40. The number of nitrogens with one attached hydrogen (secondary N) is 1. The van der Waals surface area contributed by atoms with Gasteiger partial charge in [0.2, 0.25) is 0 Å². The van der Waals surface area contributed by atoms with Gasteiger partial charge in [-0.2, -0.15) is 10.2 Å². The summed E-state index contributed by atoms with van der Waals surface area (Å²) in [5.41, 5.74) is 9.29. The standard InChI is InChI=1S/C21H18FN5/c1-12-16-5-3-4-14-10-17(13-6-8-15(22)9-7-13)19(20(18(14)16)26-25-12)21-23-11-24-27(21)2/h3-9,11,17,19,25H,1,10H2,2H3. The first kappa shape index (κ1) is 15.9. The summed E-state index contributed by atoms with van der Waals surface area (Å²) in [5.74, 6) is 0.610. The van der Waals surface area contributed by atoms with Crippen LogP contribution in [0.25, 0.3) is 5.70 Å². The van der Waals surface area contributed by atoms with Gasteiger partial charge >= 0.3 is 0 Å². The summed E-state index contributed by atoms with van der Waals surface area (Å²) in [4.78, 5) is 4.52. The van der Waals surface area contributed by atoms with E-state index < -0.39 is 0 Å². The van der Waals surface area contributed by atoms with Gasteiger partial charge in [-0.05, 0) is 29.7 Å². The van der Waals surface area contributed by atoms with Crippen LogP contribution in [0, 0.1) is 5.82 Å². The third-order valence-electron chi connectivity index (χ3n) is 5.50. The molecule has 0 spiro atoms. The molecular formula is C21H18FN5. The second kappa shape index (κ2) is 5.87. The van der Waals surface area contributed by atoms with Crippen molar-refractivity contribution in [1.29, 1.82) is 0 Å². The van der Waals surface area contributed by atoms with E-state index >= 15 is 0 Å². The molecule has 2 aliphatic rings. The SMILES string of the molecule is C=C1NN=C2c3c(cccc31)CC(c1ccc(F)cc1)C2c1ncnn1C. The molecule has 5 nitrogen and oxygen atoms in total. The second-order valence-electron chi connectivity index (χ2n) is 7.01. The highest BCUT2D eigenvalue weighted by Gasteiger charge is 2.41. The Balaban J connectivity index is 1.75. The van der Waals surface area contributed by atoms with Gasteiger partial charge in [0.05, 0.1) is 17.3 Å². The summed E-state index contributed by atoms with van der Waals surface area (Å²) in [6.45, 7) is 4.09. The van der Waals surface area contributed by atoms with Gasteiger partial charge in [-0.1, -0.05) is 36.9 Å². The van der Waals surface area contributed by atoms with Gasteiger partial charge in [-0.25, -0.2) is 9.37 Å². The summed E-state index contributed by atoms with van der Waals surface area (Å²) in [5, 5.41) is 8.93. The van der Waals surface area contributed by atoms with Crippen molar-refractivity contribution in [3.63, 3.8) is 0 Å². The van der Waals surface area contributed by atoms with Gasteiger partial charge in [-0.3, -0.25) is 10.1 Å². The Morgan fingerprint density at radius 1 is 1.19 bits per heavy atom. The van der Waals surface area contributed by atoms with Crippen molar-refractivity contribution in [2.24, 2.45) is 12.1 Å². The molecule has 3 aromatic rings. The summed E-state index contributed by atoms with van der Waals surface area (Å²) >= 11 is 0. The van der Waals surface area contributed by atoms with E-state index in [9.17, 15) is 4.39 Å². The Morgan fingerprint density at radius 3 is 2.74 bits per heavy atom. The average Bonchev–Trinajstić information content (AvgIpc) is 3.10. The largest absolute Gasteiger partial charge is 0.278 e. The maximum absolute atomic E-state index is 13.5. The monoisotopic (exact) mass is 359 g/mol. The van der Waals surface area contributed by atoms with Crippen LogP contribution in [-0.2, 0) is 13.5 Å². The van der Waals surface area contributed by atoms with E-state index in [-0.39, 0.29) is 17.7 Å². The maximum Gasteiger partial charge on any atom is 0.138 e. The first-order valence-corrected chi connectivity index (χ1v) is 8.88. The second-order valence-corrected chi connectivity index (χ2v) is 7.01. The summed E-state index contributed by atoms with van der Waals surface area (Å²) in [7, 11) is 1.89. The van der Waals surface area contributed by atoms with Gasteiger partial charge < -0.3 is 0 Å². The first-order valence-electron chi connectivity index (χ1n) is 8.88. The number of hydrazone groups is 1. The molecule has 1 N–H and O–H groups in total. The highest BCUT2D eigenvalue weighted by molar-refractivity contribution is 6.11. The molecule has 6 heteroatoms. The molecule has 0 bridgehead atoms. The molecule has 1 aromatic heterocycles. The minimum absolute atomic E-state index is 0.0859. The van der Waals surface area contributed by atoms with E-state index in [1.807, 2.05) is 25.2 Å². The minimum Gasteiger partial charge on any atom is -0.278 e. The van der Waals surface area contributed by atoms with E-state index in [4.69, 9.17) is 0 Å². The van der Waals surface area contributed by atoms with E-state index in [0.29, 0.717) is 0 Å². The van der Waals surface area contributed by atoms with Crippen molar-refractivity contribution < 1.29 is 4.39 Å². The number of benzene rings is 2. The van der Waals surface area contributed by atoms with Crippen LogP contribution in [0.1, 0.15) is 39.9 Å². The van der Waals surface area contributed by atoms with Crippen LogP contribution in [0.4, 0.5) is 4.39 Å². The number of rotatable bonds is 2. The van der Waals surface area contributed by atoms with Crippen molar-refractivity contribution in [1.82, 2.24) is 20.2 Å². The number of halogens is 1. The summed E-state index contributed by atoms with van der Waals surface area (Å²) < 4.78 is 15.3. The normalized spacial score (nSPS) is 20.7. The molecule has 2 heterocycles. The Morgan fingerprint density at radius 2 is 2.00 bits per heavy atom. The number of hydrogen-bond donors (Lipinski definition) is 1. The van der Waals surface area contributed by atoms with Gasteiger partial charge in [0, 0.05) is 24.1 Å². The van der Waals surface area contributed by atoms with Crippen molar-refractivity contribution in [3.05, 3.63) is 89.3 Å². The third-order valence-corrected chi connectivity index (χ3v) is 5.50. The zero-order valence-corrected chi connectivity index (χ0v) is 14.9. The fourth-order valence-electron chi connectivity index (χ4n) is 4.25. The van der Waals surface area contributed by atoms with E-state index in [1.165, 1.54) is 17.7 Å². The van der Waals surface area contributed by atoms with Crippen LogP contribution >= 0.6 is 0 Å². The molecule has 2 unspecified atom stereocenters. The molecule has 0 radical (unpaired) electrons. The Bertz CT molecular complexity index is 1080. The fraction of sp³-hybridized carbons (Fsp3) is 0.190. The van der Waals surface area contributed by atoms with Crippen LogP contribution < -0.4 is 5.43 Å². The topological polar surface area (TPSA) is 55.1 Å². The Labute approximate surface area is 156 Å². The van der Waals surface area contributed by atoms with Crippen molar-refractivity contribution in [3.8, 4) is 0 Å². The number of nitrogens with zero attached hydrogens (tertiary/aromatic N) is 4. The lowest BCUT2D eigenvalue weighted by Crippen LogP contribution is -2.35. The lowest BCUT2D eigenvalue weighted by atomic mass is 9.69.